The maximum Gasteiger partial charge on any atom is 0.324 e. The van der Waals surface area contributed by atoms with Crippen molar-refractivity contribution in [3.05, 3.63) is 35.9 Å². The minimum absolute atomic E-state index is 0.0696. The van der Waals surface area contributed by atoms with Crippen LogP contribution >= 0.6 is 11.8 Å². The highest BCUT2D eigenvalue weighted by atomic mass is 32.2. The number of carbonyl (C=O) groups is 1. The van der Waals surface area contributed by atoms with Gasteiger partial charge in [0.25, 0.3) is 0 Å². The quantitative estimate of drug-likeness (QED) is 0.513. The molecule has 6 heteroatoms. The van der Waals surface area contributed by atoms with Crippen LogP contribution in [0.4, 0.5) is 0 Å². The fraction of sp³-hybridized carbons (Fsp3) is 0.467. The number of carbonyl (C=O) groups excluding carboxylic acids is 1. The molecule has 21 heavy (non-hydrogen) atoms. The topological polar surface area (TPSA) is 59.9 Å². The fourth-order valence-corrected chi connectivity index (χ4v) is 3.39. The van der Waals surface area contributed by atoms with Gasteiger partial charge < -0.3 is 9.57 Å². The van der Waals surface area contributed by atoms with Crippen LogP contribution in [0.15, 0.2) is 35.5 Å². The third-order valence-electron chi connectivity index (χ3n) is 3.24. The van der Waals surface area contributed by atoms with E-state index in [1.165, 1.54) is 7.11 Å². The van der Waals surface area contributed by atoms with E-state index in [9.17, 15) is 4.79 Å². The van der Waals surface area contributed by atoms with Crippen LogP contribution in [0, 0.1) is 0 Å². The monoisotopic (exact) mass is 308 g/mol. The molecule has 0 radical (unpaired) electrons. The van der Waals surface area contributed by atoms with Crippen LogP contribution < -0.4 is 5.32 Å². The Morgan fingerprint density at radius 2 is 2.14 bits per heavy atom. The molecular formula is C15H20N2O3S. The summed E-state index contributed by atoms with van der Waals surface area (Å²) in [6.07, 6.45) is 1.68. The molecule has 1 heterocycles. The van der Waals surface area contributed by atoms with Gasteiger partial charge in [-0.2, -0.15) is 0 Å². The molecular weight excluding hydrogens is 288 g/mol. The smallest absolute Gasteiger partial charge is 0.324 e. The number of hydrogen-bond donors (Lipinski definition) is 1. The average molecular weight is 308 g/mol. The normalized spacial score (nSPS) is 24.1. The van der Waals surface area contributed by atoms with E-state index in [4.69, 9.17) is 9.57 Å². The Morgan fingerprint density at radius 1 is 1.43 bits per heavy atom. The lowest BCUT2D eigenvalue weighted by molar-refractivity contribution is -0.143. The van der Waals surface area contributed by atoms with Gasteiger partial charge in [0, 0.05) is 4.75 Å². The number of oxime groups is 1. The maximum absolute atomic E-state index is 11.7. The molecule has 1 N–H and O–H groups in total. The largest absolute Gasteiger partial charge is 0.468 e. The second kappa shape index (κ2) is 6.95. The lowest BCUT2D eigenvalue weighted by Crippen LogP contribution is -2.45. The highest BCUT2D eigenvalue weighted by Crippen LogP contribution is 2.37. The number of ether oxygens (including phenoxy) is 1. The van der Waals surface area contributed by atoms with Gasteiger partial charge in [0.2, 0.25) is 0 Å². The van der Waals surface area contributed by atoms with Crippen molar-refractivity contribution in [1.29, 1.82) is 0 Å². The summed E-state index contributed by atoms with van der Waals surface area (Å²) < 4.78 is 4.56. The van der Waals surface area contributed by atoms with E-state index in [0.717, 1.165) is 5.56 Å². The zero-order chi connectivity index (χ0) is 15.3. The summed E-state index contributed by atoms with van der Waals surface area (Å²) in [4.78, 5) is 17.0. The number of methoxy groups -OCH3 is 1. The number of hydrogen-bond acceptors (Lipinski definition) is 6. The van der Waals surface area contributed by atoms with Gasteiger partial charge >= 0.3 is 5.97 Å². The first-order chi connectivity index (χ1) is 10.0. The molecule has 0 saturated carbocycles. The number of thioether (sulfide) groups is 1. The van der Waals surface area contributed by atoms with Crippen LogP contribution in [0.25, 0.3) is 0 Å². The van der Waals surface area contributed by atoms with Gasteiger partial charge in [-0.25, -0.2) is 0 Å². The first-order valence-electron chi connectivity index (χ1n) is 6.74. The minimum atomic E-state index is -0.349. The number of rotatable bonds is 5. The van der Waals surface area contributed by atoms with Crippen molar-refractivity contribution in [3.8, 4) is 0 Å². The molecule has 0 amide bonds. The van der Waals surface area contributed by atoms with Gasteiger partial charge in [0.1, 0.15) is 12.6 Å². The first-order valence-corrected chi connectivity index (χ1v) is 7.62. The van der Waals surface area contributed by atoms with E-state index >= 15 is 0 Å². The van der Waals surface area contributed by atoms with Gasteiger partial charge in [-0.1, -0.05) is 35.5 Å². The Kier molecular flexibility index (Phi) is 5.25. The molecule has 1 aliphatic heterocycles. The standard InChI is InChI=1S/C15H20N2O3S/c1-15(2)13(14(18)19-3)17-12(21-15)9-16-20-10-11-7-5-4-6-8-11/h4-9,12-13,17H,10H2,1-3H3/b16-9+/t12?,13-/m0/s1. The number of esters is 1. The summed E-state index contributed by atoms with van der Waals surface area (Å²) in [6, 6.07) is 9.49. The molecule has 1 aromatic carbocycles. The molecule has 0 aromatic heterocycles. The molecule has 0 bridgehead atoms. The van der Waals surface area contributed by atoms with Crippen molar-refractivity contribution in [1.82, 2.24) is 5.32 Å². The Hall–Kier alpha value is -1.53. The van der Waals surface area contributed by atoms with E-state index in [2.05, 4.69) is 10.5 Å². The van der Waals surface area contributed by atoms with Crippen LogP contribution in [0.3, 0.4) is 0 Å². The summed E-state index contributed by atoms with van der Waals surface area (Å²) >= 11 is 1.62. The molecule has 1 aliphatic rings. The summed E-state index contributed by atoms with van der Waals surface area (Å²) in [6.45, 7) is 4.44. The zero-order valence-corrected chi connectivity index (χ0v) is 13.2. The molecule has 1 saturated heterocycles. The third kappa shape index (κ3) is 4.22. The maximum atomic E-state index is 11.7. The van der Waals surface area contributed by atoms with Crippen molar-refractivity contribution in [3.63, 3.8) is 0 Å². The predicted octanol–water partition coefficient (Wildman–Crippen LogP) is 2.17. The van der Waals surface area contributed by atoms with Crippen LogP contribution in [0.5, 0.6) is 0 Å². The van der Waals surface area contributed by atoms with Crippen molar-refractivity contribution in [2.45, 2.75) is 36.6 Å². The molecule has 114 valence electrons. The Morgan fingerprint density at radius 3 is 2.81 bits per heavy atom. The number of nitrogens with one attached hydrogen (secondary N) is 1. The summed E-state index contributed by atoms with van der Waals surface area (Å²) in [5.41, 5.74) is 1.06. The fourth-order valence-electron chi connectivity index (χ4n) is 2.12. The number of benzene rings is 1. The summed E-state index contributed by atoms with van der Waals surface area (Å²) in [5.74, 6) is -0.256. The average Bonchev–Trinajstić information content (AvgIpc) is 2.79. The lowest BCUT2D eigenvalue weighted by atomic mass is 10.0. The van der Waals surface area contributed by atoms with Crippen LogP contribution in [0.2, 0.25) is 0 Å². The summed E-state index contributed by atoms with van der Waals surface area (Å²) in [5, 5.41) is 7.09. The molecule has 1 aromatic rings. The van der Waals surface area contributed by atoms with Crippen LogP contribution in [-0.4, -0.2) is 35.5 Å². The van der Waals surface area contributed by atoms with Crippen LogP contribution in [-0.2, 0) is 21.0 Å². The third-order valence-corrected chi connectivity index (χ3v) is 4.59. The van der Waals surface area contributed by atoms with Gasteiger partial charge in [0.05, 0.1) is 18.7 Å². The van der Waals surface area contributed by atoms with Crippen LogP contribution in [0.1, 0.15) is 19.4 Å². The zero-order valence-electron chi connectivity index (χ0n) is 12.4. The molecule has 2 rings (SSSR count). The first kappa shape index (κ1) is 15.9. The Labute approximate surface area is 129 Å². The van der Waals surface area contributed by atoms with E-state index in [1.54, 1.807) is 18.0 Å². The van der Waals surface area contributed by atoms with Gasteiger partial charge in [-0.15, -0.1) is 11.8 Å². The molecule has 0 aliphatic carbocycles. The van der Waals surface area contributed by atoms with E-state index in [1.807, 2.05) is 44.2 Å². The van der Waals surface area contributed by atoms with E-state index < -0.39 is 0 Å². The van der Waals surface area contributed by atoms with E-state index in [0.29, 0.717) is 6.61 Å². The molecule has 2 atom stereocenters. The molecule has 1 unspecified atom stereocenters. The molecule has 0 spiro atoms. The Bertz CT molecular complexity index is 505. The highest BCUT2D eigenvalue weighted by molar-refractivity contribution is 8.02. The molecule has 5 nitrogen and oxygen atoms in total. The van der Waals surface area contributed by atoms with E-state index in [-0.39, 0.29) is 22.1 Å². The highest BCUT2D eigenvalue weighted by Gasteiger charge is 2.45. The van der Waals surface area contributed by atoms with Crippen molar-refractivity contribution < 1.29 is 14.4 Å². The SMILES string of the molecule is COC(=O)[C@@H]1NC(/C=N/OCc2ccccc2)SC1(C)C. The number of nitrogens with zero attached hydrogens (tertiary/aromatic N) is 1. The summed E-state index contributed by atoms with van der Waals surface area (Å²) in [7, 11) is 1.40. The lowest BCUT2D eigenvalue weighted by Gasteiger charge is -2.22. The Balaban J connectivity index is 1.84. The van der Waals surface area contributed by atoms with Crippen molar-refractivity contribution in [2.24, 2.45) is 5.16 Å². The second-order valence-electron chi connectivity index (χ2n) is 5.28. The van der Waals surface area contributed by atoms with Crippen molar-refractivity contribution in [2.75, 3.05) is 7.11 Å². The van der Waals surface area contributed by atoms with Gasteiger partial charge in [-0.05, 0) is 19.4 Å². The second-order valence-corrected chi connectivity index (χ2v) is 7.07. The van der Waals surface area contributed by atoms with Gasteiger partial charge in [-0.3, -0.25) is 10.1 Å². The molecule has 1 fully saturated rings. The predicted molar refractivity (Wildman–Crippen MR) is 84.1 cm³/mol. The van der Waals surface area contributed by atoms with Crippen molar-refractivity contribution >= 4 is 23.9 Å². The minimum Gasteiger partial charge on any atom is -0.468 e. The van der Waals surface area contributed by atoms with Gasteiger partial charge in [0.15, 0.2) is 0 Å².